The first-order chi connectivity index (χ1) is 6.16. The van der Waals surface area contributed by atoms with E-state index in [2.05, 4.69) is 15.9 Å². The maximum Gasteiger partial charge on any atom is 0.0641 e. The summed E-state index contributed by atoms with van der Waals surface area (Å²) in [5, 5.41) is 9.06. The van der Waals surface area contributed by atoms with Crippen LogP contribution in [0.1, 0.15) is 18.0 Å². The molecule has 4 heteroatoms. The Kier molecular flexibility index (Phi) is 3.73. The highest BCUT2D eigenvalue weighted by Gasteiger charge is 2.10. The first-order valence-electron chi connectivity index (χ1n) is 3.73. The predicted octanol–water partition coefficient (Wildman–Crippen LogP) is 3.02. The molecule has 0 saturated carbocycles. The van der Waals surface area contributed by atoms with Crippen LogP contribution in [0.5, 0.6) is 0 Å². The van der Waals surface area contributed by atoms with Crippen molar-refractivity contribution in [1.82, 2.24) is 0 Å². The van der Waals surface area contributed by atoms with Crippen LogP contribution in [0.15, 0.2) is 22.7 Å². The fraction of sp³-hybridized carbons (Fsp3) is 0.222. The lowest BCUT2D eigenvalue weighted by atomic mass is 10.1. The number of hydrogen-bond acceptors (Lipinski definition) is 2. The van der Waals surface area contributed by atoms with Crippen LogP contribution in [0, 0.1) is 11.3 Å². The third kappa shape index (κ3) is 2.44. The molecule has 2 nitrogen and oxygen atoms in total. The molecule has 0 aromatic heterocycles. The minimum Gasteiger partial charge on any atom is -0.323 e. The van der Waals surface area contributed by atoms with Gasteiger partial charge in [-0.3, -0.25) is 0 Å². The molecular weight excluding hydrogens is 251 g/mol. The van der Waals surface area contributed by atoms with E-state index in [0.29, 0.717) is 5.02 Å². The fourth-order valence-corrected chi connectivity index (χ4v) is 1.66. The molecule has 0 unspecified atom stereocenters. The molecule has 0 amide bonds. The summed E-state index contributed by atoms with van der Waals surface area (Å²) in [6.45, 7) is 0. The van der Waals surface area contributed by atoms with E-state index in [1.807, 2.05) is 24.3 Å². The van der Waals surface area contributed by atoms with E-state index in [1.165, 1.54) is 0 Å². The largest absolute Gasteiger partial charge is 0.323 e. The highest BCUT2D eigenvalue weighted by molar-refractivity contribution is 9.10. The number of nitriles is 1. The van der Waals surface area contributed by atoms with Crippen molar-refractivity contribution in [1.29, 1.82) is 5.26 Å². The molecule has 1 aromatic carbocycles. The second-order valence-corrected chi connectivity index (χ2v) is 3.84. The van der Waals surface area contributed by atoms with Gasteiger partial charge >= 0.3 is 0 Å². The van der Waals surface area contributed by atoms with Gasteiger partial charge in [-0.25, -0.2) is 0 Å². The number of nitrogens with zero attached hydrogens (tertiary/aromatic N) is 1. The van der Waals surface area contributed by atoms with E-state index in [9.17, 15) is 0 Å². The minimum absolute atomic E-state index is 0.274. The van der Waals surface area contributed by atoms with Gasteiger partial charge in [-0.2, -0.15) is 5.26 Å². The number of halogens is 2. The third-order valence-corrected chi connectivity index (χ3v) is 3.00. The molecule has 1 atom stereocenters. The zero-order valence-electron chi connectivity index (χ0n) is 6.80. The molecule has 13 heavy (non-hydrogen) atoms. The third-order valence-electron chi connectivity index (χ3n) is 1.69. The van der Waals surface area contributed by atoms with Gasteiger partial charge in [0.25, 0.3) is 0 Å². The van der Waals surface area contributed by atoms with E-state index in [4.69, 9.17) is 22.6 Å². The summed E-state index contributed by atoms with van der Waals surface area (Å²) < 4.78 is 0.806. The van der Waals surface area contributed by atoms with Crippen molar-refractivity contribution in [3.8, 4) is 6.07 Å². The van der Waals surface area contributed by atoms with Gasteiger partial charge in [-0.1, -0.05) is 23.7 Å². The molecule has 0 aliphatic carbocycles. The van der Waals surface area contributed by atoms with E-state index < -0.39 is 0 Å². The topological polar surface area (TPSA) is 49.8 Å². The summed E-state index contributed by atoms with van der Waals surface area (Å²) >= 11 is 9.28. The lowest BCUT2D eigenvalue weighted by Gasteiger charge is -2.10. The second-order valence-electron chi connectivity index (χ2n) is 2.61. The van der Waals surface area contributed by atoms with Crippen LogP contribution < -0.4 is 5.73 Å². The summed E-state index contributed by atoms with van der Waals surface area (Å²) in [6.07, 6.45) is 0.274. The molecule has 0 spiro atoms. The Morgan fingerprint density at radius 3 is 2.92 bits per heavy atom. The Morgan fingerprint density at radius 1 is 1.62 bits per heavy atom. The number of rotatable bonds is 2. The lowest BCUT2D eigenvalue weighted by molar-refractivity contribution is 0.748. The molecule has 0 heterocycles. The molecule has 2 N–H and O–H groups in total. The number of hydrogen-bond donors (Lipinski definition) is 1. The fourth-order valence-electron chi connectivity index (χ4n) is 1.02. The zero-order valence-corrected chi connectivity index (χ0v) is 9.14. The number of nitrogens with two attached hydrogens (primary N) is 1. The molecule has 0 saturated heterocycles. The molecule has 0 bridgehead atoms. The minimum atomic E-state index is -0.310. The summed E-state index contributed by atoms with van der Waals surface area (Å²) in [5.74, 6) is 0. The maximum atomic E-state index is 8.47. The first kappa shape index (κ1) is 10.5. The van der Waals surface area contributed by atoms with Crippen molar-refractivity contribution in [3.05, 3.63) is 33.3 Å². The molecule has 0 radical (unpaired) electrons. The van der Waals surface area contributed by atoms with Crippen LogP contribution in [0.4, 0.5) is 0 Å². The highest BCUT2D eigenvalue weighted by Crippen LogP contribution is 2.30. The summed E-state index contributed by atoms with van der Waals surface area (Å²) in [5.41, 5.74) is 6.55. The van der Waals surface area contributed by atoms with Crippen LogP contribution in [-0.4, -0.2) is 0 Å². The summed E-state index contributed by atoms with van der Waals surface area (Å²) in [4.78, 5) is 0. The van der Waals surface area contributed by atoms with E-state index in [-0.39, 0.29) is 12.5 Å². The zero-order chi connectivity index (χ0) is 9.84. The van der Waals surface area contributed by atoms with E-state index >= 15 is 0 Å². The molecule has 0 aliphatic rings. The van der Waals surface area contributed by atoms with Gasteiger partial charge in [0.05, 0.1) is 17.5 Å². The Morgan fingerprint density at radius 2 is 2.31 bits per heavy atom. The van der Waals surface area contributed by atoms with Gasteiger partial charge in [0.2, 0.25) is 0 Å². The normalized spacial score (nSPS) is 12.2. The highest BCUT2D eigenvalue weighted by atomic mass is 79.9. The molecular formula is C9H8BrClN2. The van der Waals surface area contributed by atoms with Crippen LogP contribution in [0.2, 0.25) is 5.02 Å². The average Bonchev–Trinajstić information content (AvgIpc) is 2.10. The Hall–Kier alpha value is -0.560. The van der Waals surface area contributed by atoms with Gasteiger partial charge in [-0.05, 0) is 27.6 Å². The Bertz CT molecular complexity index is 346. The Labute approximate surface area is 90.4 Å². The quantitative estimate of drug-likeness (QED) is 0.887. The average molecular weight is 260 g/mol. The van der Waals surface area contributed by atoms with Crippen LogP contribution >= 0.6 is 27.5 Å². The SMILES string of the molecule is N#CC[C@@H](N)c1cccc(Br)c1Cl. The van der Waals surface area contributed by atoms with Gasteiger partial charge in [-0.15, -0.1) is 0 Å². The molecule has 1 rings (SSSR count). The second kappa shape index (κ2) is 4.61. The van der Waals surface area contributed by atoms with Crippen LogP contribution in [0.3, 0.4) is 0 Å². The van der Waals surface area contributed by atoms with Gasteiger partial charge < -0.3 is 5.73 Å². The molecule has 1 aromatic rings. The standard InChI is InChI=1S/C9H8BrClN2/c10-7-3-1-2-6(9(7)11)8(13)4-5-12/h1-3,8H,4,13H2/t8-/m1/s1. The van der Waals surface area contributed by atoms with Crippen molar-refractivity contribution in [2.24, 2.45) is 5.73 Å². The van der Waals surface area contributed by atoms with Crippen molar-refractivity contribution >= 4 is 27.5 Å². The number of benzene rings is 1. The smallest absolute Gasteiger partial charge is 0.0641 e. The van der Waals surface area contributed by atoms with Gasteiger partial charge in [0.15, 0.2) is 0 Å². The summed E-state index contributed by atoms with van der Waals surface area (Å²) in [6, 6.07) is 7.22. The van der Waals surface area contributed by atoms with Crippen molar-refractivity contribution in [2.45, 2.75) is 12.5 Å². The van der Waals surface area contributed by atoms with Gasteiger partial charge in [0, 0.05) is 10.5 Å². The van der Waals surface area contributed by atoms with Gasteiger partial charge in [0.1, 0.15) is 0 Å². The van der Waals surface area contributed by atoms with Crippen molar-refractivity contribution in [3.63, 3.8) is 0 Å². The maximum absolute atomic E-state index is 8.47. The summed E-state index contributed by atoms with van der Waals surface area (Å²) in [7, 11) is 0. The molecule has 68 valence electrons. The van der Waals surface area contributed by atoms with E-state index in [1.54, 1.807) is 0 Å². The van der Waals surface area contributed by atoms with Crippen molar-refractivity contribution < 1.29 is 0 Å². The van der Waals surface area contributed by atoms with Crippen LogP contribution in [-0.2, 0) is 0 Å². The Balaban J connectivity index is 3.02. The molecule has 0 fully saturated rings. The van der Waals surface area contributed by atoms with E-state index in [0.717, 1.165) is 10.0 Å². The first-order valence-corrected chi connectivity index (χ1v) is 4.90. The van der Waals surface area contributed by atoms with Crippen LogP contribution in [0.25, 0.3) is 0 Å². The molecule has 0 aliphatic heterocycles. The predicted molar refractivity (Wildman–Crippen MR) is 56.3 cm³/mol. The monoisotopic (exact) mass is 258 g/mol. The van der Waals surface area contributed by atoms with Crippen molar-refractivity contribution in [2.75, 3.05) is 0 Å². The lowest BCUT2D eigenvalue weighted by Crippen LogP contribution is -2.09.